The predicted molar refractivity (Wildman–Crippen MR) is 138 cm³/mol. The van der Waals surface area contributed by atoms with E-state index in [9.17, 15) is 8.42 Å². The van der Waals surface area contributed by atoms with Crippen LogP contribution in [-0.2, 0) is 23.0 Å². The van der Waals surface area contributed by atoms with Crippen molar-refractivity contribution in [3.05, 3.63) is 45.4 Å². The highest BCUT2D eigenvalue weighted by Gasteiger charge is 2.25. The Bertz CT molecular complexity index is 966. The predicted octanol–water partition coefficient (Wildman–Crippen LogP) is 3.46. The lowest BCUT2D eigenvalue weighted by Gasteiger charge is -2.26. The Kier molecular flexibility index (Phi) is 10.2. The SMILES string of the molecule is CN=C(NCCc1nc(C)c(C)s1)NCc1cccc(S(=O)(=O)N2CCCCC2)c1.I. The molecule has 0 saturated carbocycles. The van der Waals surface area contributed by atoms with Gasteiger partial charge >= 0.3 is 0 Å². The average Bonchev–Trinajstić information content (AvgIpc) is 3.08. The van der Waals surface area contributed by atoms with Gasteiger partial charge in [-0.05, 0) is 44.4 Å². The zero-order valence-electron chi connectivity index (χ0n) is 18.3. The van der Waals surface area contributed by atoms with E-state index >= 15 is 0 Å². The lowest BCUT2D eigenvalue weighted by molar-refractivity contribution is 0.346. The monoisotopic (exact) mass is 577 g/mol. The molecule has 1 fully saturated rings. The van der Waals surface area contributed by atoms with Crippen molar-refractivity contribution in [3.8, 4) is 0 Å². The first-order chi connectivity index (χ1) is 14.4. The number of guanidine groups is 1. The first kappa shape index (κ1) is 26.0. The van der Waals surface area contributed by atoms with Crippen LogP contribution < -0.4 is 10.6 Å². The summed E-state index contributed by atoms with van der Waals surface area (Å²) in [5, 5.41) is 7.67. The highest BCUT2D eigenvalue weighted by molar-refractivity contribution is 14.0. The Morgan fingerprint density at radius 1 is 1.19 bits per heavy atom. The Morgan fingerprint density at radius 2 is 1.94 bits per heavy atom. The summed E-state index contributed by atoms with van der Waals surface area (Å²) in [7, 11) is -1.69. The number of aromatic nitrogens is 1. The third kappa shape index (κ3) is 7.13. The van der Waals surface area contributed by atoms with Crippen LogP contribution in [0, 0.1) is 13.8 Å². The van der Waals surface area contributed by atoms with Gasteiger partial charge < -0.3 is 10.6 Å². The van der Waals surface area contributed by atoms with E-state index in [-0.39, 0.29) is 24.0 Å². The quantitative estimate of drug-likeness (QED) is 0.299. The molecule has 2 heterocycles. The van der Waals surface area contributed by atoms with E-state index in [1.165, 1.54) is 4.88 Å². The lowest BCUT2D eigenvalue weighted by atomic mass is 10.2. The summed E-state index contributed by atoms with van der Waals surface area (Å²) in [6.45, 7) is 6.57. The van der Waals surface area contributed by atoms with E-state index in [4.69, 9.17) is 0 Å². The minimum Gasteiger partial charge on any atom is -0.356 e. The van der Waals surface area contributed by atoms with Gasteiger partial charge in [-0.2, -0.15) is 4.31 Å². The van der Waals surface area contributed by atoms with Gasteiger partial charge in [-0.15, -0.1) is 35.3 Å². The second kappa shape index (κ2) is 12.1. The molecule has 0 atom stereocenters. The minimum atomic E-state index is -3.42. The molecule has 10 heteroatoms. The van der Waals surface area contributed by atoms with Crippen LogP contribution >= 0.6 is 35.3 Å². The standard InChI is InChI=1S/C21H31N5O2S2.HI/c1-16-17(2)29-20(25-16)10-11-23-21(22-3)24-15-18-8-7-9-19(14-18)30(27,28)26-12-5-4-6-13-26;/h7-9,14H,4-6,10-13,15H2,1-3H3,(H2,22,23,24);1H. The zero-order chi connectivity index (χ0) is 21.6. The number of thiazole rings is 1. The Hall–Kier alpha value is -1.24. The van der Waals surface area contributed by atoms with E-state index in [0.29, 0.717) is 30.5 Å². The molecule has 1 aromatic heterocycles. The maximum atomic E-state index is 12.9. The topological polar surface area (TPSA) is 86.7 Å². The third-order valence-corrected chi connectivity index (χ3v) is 8.27. The molecule has 0 bridgehead atoms. The van der Waals surface area contributed by atoms with Crippen molar-refractivity contribution in [1.29, 1.82) is 0 Å². The summed E-state index contributed by atoms with van der Waals surface area (Å²) >= 11 is 1.73. The average molecular weight is 578 g/mol. The first-order valence-electron chi connectivity index (χ1n) is 10.4. The summed E-state index contributed by atoms with van der Waals surface area (Å²) in [5.41, 5.74) is 2.00. The van der Waals surface area contributed by atoms with E-state index in [2.05, 4.69) is 27.5 Å². The largest absolute Gasteiger partial charge is 0.356 e. The number of sulfonamides is 1. The van der Waals surface area contributed by atoms with Crippen LogP contribution in [-0.4, -0.2) is 50.3 Å². The van der Waals surface area contributed by atoms with Crippen LogP contribution in [0.4, 0.5) is 0 Å². The number of hydrogen-bond donors (Lipinski definition) is 2. The summed E-state index contributed by atoms with van der Waals surface area (Å²) < 4.78 is 27.4. The molecule has 1 aliphatic heterocycles. The van der Waals surface area contributed by atoms with Crippen molar-refractivity contribution >= 4 is 51.3 Å². The molecule has 0 aliphatic carbocycles. The van der Waals surface area contributed by atoms with Gasteiger partial charge in [-0.3, -0.25) is 4.99 Å². The van der Waals surface area contributed by atoms with Gasteiger partial charge in [0.25, 0.3) is 0 Å². The molecule has 1 saturated heterocycles. The highest BCUT2D eigenvalue weighted by atomic mass is 127. The molecule has 0 radical (unpaired) electrons. The molecule has 0 unspecified atom stereocenters. The Morgan fingerprint density at radius 3 is 2.58 bits per heavy atom. The molecule has 3 rings (SSSR count). The van der Waals surface area contributed by atoms with Crippen LogP contribution in [0.5, 0.6) is 0 Å². The van der Waals surface area contributed by atoms with E-state index in [0.717, 1.165) is 48.5 Å². The molecule has 172 valence electrons. The fourth-order valence-electron chi connectivity index (χ4n) is 3.41. The molecule has 2 N–H and O–H groups in total. The van der Waals surface area contributed by atoms with Crippen LogP contribution in [0.15, 0.2) is 34.2 Å². The van der Waals surface area contributed by atoms with Crippen molar-refractivity contribution in [2.24, 2.45) is 4.99 Å². The molecular formula is C21H32IN5O2S2. The number of nitrogens with zero attached hydrogens (tertiary/aromatic N) is 3. The number of rotatable bonds is 7. The van der Waals surface area contributed by atoms with Crippen LogP contribution in [0.1, 0.15) is 40.4 Å². The number of aliphatic imine (C=N–C) groups is 1. The maximum Gasteiger partial charge on any atom is 0.243 e. The fraction of sp³-hybridized carbons (Fsp3) is 0.524. The second-order valence-electron chi connectivity index (χ2n) is 7.46. The van der Waals surface area contributed by atoms with Gasteiger partial charge in [0.15, 0.2) is 5.96 Å². The van der Waals surface area contributed by atoms with Gasteiger partial charge in [0, 0.05) is 44.5 Å². The van der Waals surface area contributed by atoms with Crippen LogP contribution in [0.3, 0.4) is 0 Å². The number of hydrogen-bond acceptors (Lipinski definition) is 5. The third-order valence-electron chi connectivity index (χ3n) is 5.24. The maximum absolute atomic E-state index is 12.9. The molecule has 2 aromatic rings. The van der Waals surface area contributed by atoms with E-state index in [1.807, 2.05) is 13.0 Å². The molecule has 7 nitrogen and oxygen atoms in total. The van der Waals surface area contributed by atoms with Gasteiger partial charge in [-0.1, -0.05) is 18.6 Å². The van der Waals surface area contributed by atoms with Crippen LogP contribution in [0.25, 0.3) is 0 Å². The Labute approximate surface area is 206 Å². The molecular weight excluding hydrogens is 545 g/mol. The van der Waals surface area contributed by atoms with Crippen molar-refractivity contribution in [2.45, 2.75) is 51.0 Å². The van der Waals surface area contributed by atoms with E-state index in [1.54, 1.807) is 40.9 Å². The smallest absolute Gasteiger partial charge is 0.243 e. The van der Waals surface area contributed by atoms with Gasteiger partial charge in [0.2, 0.25) is 10.0 Å². The Balaban J connectivity index is 0.00000341. The molecule has 0 amide bonds. The van der Waals surface area contributed by atoms with Crippen LogP contribution in [0.2, 0.25) is 0 Å². The number of piperidine rings is 1. The minimum absolute atomic E-state index is 0. The van der Waals surface area contributed by atoms with Gasteiger partial charge in [0.05, 0.1) is 15.6 Å². The zero-order valence-corrected chi connectivity index (χ0v) is 22.3. The van der Waals surface area contributed by atoms with Crippen molar-refractivity contribution < 1.29 is 8.42 Å². The van der Waals surface area contributed by atoms with Gasteiger partial charge in [0.1, 0.15) is 0 Å². The van der Waals surface area contributed by atoms with Crippen molar-refractivity contribution in [2.75, 3.05) is 26.7 Å². The highest BCUT2D eigenvalue weighted by Crippen LogP contribution is 2.21. The first-order valence-corrected chi connectivity index (χ1v) is 12.6. The molecule has 1 aliphatic rings. The van der Waals surface area contributed by atoms with Crippen molar-refractivity contribution in [3.63, 3.8) is 0 Å². The summed E-state index contributed by atoms with van der Waals surface area (Å²) in [4.78, 5) is 10.4. The van der Waals surface area contributed by atoms with Crippen molar-refractivity contribution in [1.82, 2.24) is 19.9 Å². The number of nitrogens with one attached hydrogen (secondary N) is 2. The lowest BCUT2D eigenvalue weighted by Crippen LogP contribution is -2.38. The summed E-state index contributed by atoms with van der Waals surface area (Å²) in [6.07, 6.45) is 3.80. The fourth-order valence-corrected chi connectivity index (χ4v) is 5.93. The molecule has 0 spiro atoms. The second-order valence-corrected chi connectivity index (χ2v) is 10.7. The summed E-state index contributed by atoms with van der Waals surface area (Å²) in [6, 6.07) is 7.16. The number of halogens is 1. The number of benzene rings is 1. The molecule has 31 heavy (non-hydrogen) atoms. The molecule has 1 aromatic carbocycles. The van der Waals surface area contributed by atoms with Gasteiger partial charge in [-0.25, -0.2) is 13.4 Å². The normalized spacial score (nSPS) is 15.4. The summed E-state index contributed by atoms with van der Waals surface area (Å²) in [5.74, 6) is 0.685. The van der Waals surface area contributed by atoms with E-state index < -0.39 is 10.0 Å². The number of aryl methyl sites for hydroxylation is 2.